The van der Waals surface area contributed by atoms with E-state index in [4.69, 9.17) is 13.9 Å². The third-order valence-electron chi connectivity index (χ3n) is 5.25. The highest BCUT2D eigenvalue weighted by Crippen LogP contribution is 2.32. The number of ether oxygens (including phenoxy) is 2. The van der Waals surface area contributed by atoms with Gasteiger partial charge >= 0.3 is 11.9 Å². The summed E-state index contributed by atoms with van der Waals surface area (Å²) in [5.74, 6) is -1.01. The summed E-state index contributed by atoms with van der Waals surface area (Å²) in [4.78, 5) is 39.3. The Morgan fingerprint density at radius 3 is 2.42 bits per heavy atom. The van der Waals surface area contributed by atoms with E-state index >= 15 is 0 Å². The third kappa shape index (κ3) is 6.19. The second-order valence-electron chi connectivity index (χ2n) is 8.76. The molecule has 0 aliphatic carbocycles. The van der Waals surface area contributed by atoms with E-state index in [1.807, 2.05) is 19.2 Å². The second kappa shape index (κ2) is 10.1. The smallest absolute Gasteiger partial charge is 0.318 e. The number of rotatable bonds is 9. The zero-order chi connectivity index (χ0) is 23.2. The molecule has 1 amide bonds. The van der Waals surface area contributed by atoms with Gasteiger partial charge in [0.15, 0.2) is 6.73 Å². The molecule has 0 spiro atoms. The summed E-state index contributed by atoms with van der Waals surface area (Å²) in [5.41, 5.74) is -0.321. The molecule has 0 fully saturated rings. The van der Waals surface area contributed by atoms with Crippen molar-refractivity contribution in [2.75, 3.05) is 13.3 Å². The van der Waals surface area contributed by atoms with Gasteiger partial charge in [0, 0.05) is 6.92 Å². The van der Waals surface area contributed by atoms with Crippen molar-refractivity contribution in [3.8, 4) is 0 Å². The zero-order valence-electron chi connectivity index (χ0n) is 19.3. The number of carbonyl (C=O) groups excluding carboxylic acids is 3. The monoisotopic (exact) mass is 447 g/mol. The molecule has 0 aromatic heterocycles. The quantitative estimate of drug-likeness (QED) is 0.419. The van der Waals surface area contributed by atoms with Gasteiger partial charge in [-0.05, 0) is 38.5 Å². The number of amides is 1. The first-order valence-corrected chi connectivity index (χ1v) is 13.7. The molecule has 1 heterocycles. The Hall–Kier alpha value is -2.61. The van der Waals surface area contributed by atoms with Crippen molar-refractivity contribution in [3.05, 3.63) is 41.7 Å². The van der Waals surface area contributed by atoms with Crippen LogP contribution in [0.1, 0.15) is 46.1 Å². The maximum atomic E-state index is 13.5. The lowest BCUT2D eigenvalue weighted by molar-refractivity contribution is -0.160. The van der Waals surface area contributed by atoms with Crippen molar-refractivity contribution in [1.82, 2.24) is 4.90 Å². The van der Waals surface area contributed by atoms with E-state index in [-0.39, 0.29) is 30.6 Å². The van der Waals surface area contributed by atoms with E-state index in [2.05, 4.69) is 6.92 Å². The summed E-state index contributed by atoms with van der Waals surface area (Å²) in [5, 5.41) is 0. The molecule has 0 unspecified atom stereocenters. The number of esters is 1. The second-order valence-corrected chi connectivity index (χ2v) is 13.0. The number of carbonyl (C=O) groups is 3. The Kier molecular flexibility index (Phi) is 8.06. The van der Waals surface area contributed by atoms with Crippen LogP contribution in [0.2, 0.25) is 19.1 Å². The van der Waals surface area contributed by atoms with Crippen LogP contribution < -0.4 is 0 Å². The van der Waals surface area contributed by atoms with Crippen LogP contribution in [0.5, 0.6) is 0 Å². The van der Waals surface area contributed by atoms with Crippen molar-refractivity contribution in [2.45, 2.75) is 65.2 Å². The summed E-state index contributed by atoms with van der Waals surface area (Å²) in [6, 6.07) is 9.88. The van der Waals surface area contributed by atoms with E-state index in [1.165, 1.54) is 11.8 Å². The van der Waals surface area contributed by atoms with E-state index in [9.17, 15) is 14.4 Å². The maximum absolute atomic E-state index is 13.5. The Morgan fingerprint density at radius 2 is 1.84 bits per heavy atom. The fraction of sp³-hybridized carbons (Fsp3) is 0.522. The summed E-state index contributed by atoms with van der Waals surface area (Å²) in [7, 11) is -2.20. The minimum absolute atomic E-state index is 0.134. The van der Waals surface area contributed by atoms with Crippen molar-refractivity contribution < 1.29 is 28.3 Å². The fourth-order valence-electron chi connectivity index (χ4n) is 3.25. The molecule has 2 rings (SSSR count). The first-order chi connectivity index (χ1) is 14.5. The first-order valence-electron chi connectivity index (χ1n) is 10.6. The largest absolute Gasteiger partial charge is 0.518 e. The molecule has 0 atom stereocenters. The summed E-state index contributed by atoms with van der Waals surface area (Å²) in [6.45, 7) is 10.5. The van der Waals surface area contributed by atoms with Crippen LogP contribution in [0.3, 0.4) is 0 Å². The molecular weight excluding hydrogens is 414 g/mol. The van der Waals surface area contributed by atoms with Crippen LogP contribution in [-0.2, 0) is 28.3 Å². The molecule has 0 radical (unpaired) electrons. The molecule has 0 saturated heterocycles. The molecule has 1 aromatic carbocycles. The Morgan fingerprint density at radius 1 is 1.19 bits per heavy atom. The first kappa shape index (κ1) is 24.7. The highest BCUT2D eigenvalue weighted by molar-refractivity contribution is 6.72. The van der Waals surface area contributed by atoms with E-state index < -0.39 is 25.8 Å². The van der Waals surface area contributed by atoms with Gasteiger partial charge in [-0.15, -0.1) is 0 Å². The van der Waals surface area contributed by atoms with Gasteiger partial charge in [0.2, 0.25) is 8.32 Å². The van der Waals surface area contributed by atoms with Crippen LogP contribution in [0.25, 0.3) is 5.57 Å². The topological polar surface area (TPSA) is 82.1 Å². The number of benzene rings is 1. The van der Waals surface area contributed by atoms with Gasteiger partial charge in [-0.3, -0.25) is 19.3 Å². The number of hydrogen-bond acceptors (Lipinski definition) is 6. The van der Waals surface area contributed by atoms with E-state index in [0.717, 1.165) is 18.9 Å². The highest BCUT2D eigenvalue weighted by Gasteiger charge is 2.45. The highest BCUT2D eigenvalue weighted by atomic mass is 28.4. The minimum atomic E-state index is -2.20. The van der Waals surface area contributed by atoms with Crippen molar-refractivity contribution in [3.63, 3.8) is 0 Å². The zero-order valence-corrected chi connectivity index (χ0v) is 20.3. The van der Waals surface area contributed by atoms with Gasteiger partial charge in [-0.1, -0.05) is 50.1 Å². The molecule has 1 aliphatic heterocycles. The average Bonchev–Trinajstić information content (AvgIpc) is 2.70. The van der Waals surface area contributed by atoms with E-state index in [1.54, 1.807) is 38.1 Å². The van der Waals surface area contributed by atoms with Crippen LogP contribution in [-0.4, -0.2) is 49.9 Å². The van der Waals surface area contributed by atoms with Crippen LogP contribution in [0.15, 0.2) is 36.1 Å². The summed E-state index contributed by atoms with van der Waals surface area (Å²) in [6.07, 6.45) is 2.03. The fourth-order valence-corrected chi connectivity index (χ4v) is 5.31. The van der Waals surface area contributed by atoms with Gasteiger partial charge in [-0.25, -0.2) is 0 Å². The van der Waals surface area contributed by atoms with Crippen LogP contribution in [0, 0.1) is 0 Å². The molecule has 0 bridgehead atoms. The summed E-state index contributed by atoms with van der Waals surface area (Å²) < 4.78 is 16.8. The molecular formula is C23H33NO6Si. The molecule has 7 nitrogen and oxygen atoms in total. The average molecular weight is 448 g/mol. The number of unbranched alkanes of at least 4 members (excludes halogenated alkanes) is 1. The third-order valence-corrected chi connectivity index (χ3v) is 7.55. The van der Waals surface area contributed by atoms with Gasteiger partial charge < -0.3 is 13.9 Å². The molecule has 170 valence electrons. The lowest BCUT2D eigenvalue weighted by atomic mass is 9.97. The van der Waals surface area contributed by atoms with Gasteiger partial charge in [0.1, 0.15) is 17.9 Å². The lowest BCUT2D eigenvalue weighted by Crippen LogP contribution is -2.58. The molecule has 0 saturated carbocycles. The van der Waals surface area contributed by atoms with Crippen molar-refractivity contribution in [1.29, 1.82) is 0 Å². The maximum Gasteiger partial charge on any atom is 0.318 e. The Balaban J connectivity index is 2.33. The van der Waals surface area contributed by atoms with Crippen molar-refractivity contribution in [2.24, 2.45) is 0 Å². The van der Waals surface area contributed by atoms with Crippen LogP contribution in [0.4, 0.5) is 0 Å². The van der Waals surface area contributed by atoms with Gasteiger partial charge in [0.25, 0.3) is 5.91 Å². The van der Waals surface area contributed by atoms with Gasteiger partial charge in [0.05, 0.1) is 5.57 Å². The van der Waals surface area contributed by atoms with Crippen molar-refractivity contribution >= 4 is 31.7 Å². The molecule has 31 heavy (non-hydrogen) atoms. The predicted molar refractivity (Wildman–Crippen MR) is 120 cm³/mol. The number of nitrogens with zero attached hydrogens (tertiary/aromatic N) is 1. The van der Waals surface area contributed by atoms with Gasteiger partial charge in [-0.2, -0.15) is 0 Å². The molecule has 1 aromatic rings. The predicted octanol–water partition coefficient (Wildman–Crippen LogP) is 4.10. The Bertz CT molecular complexity index is 847. The van der Waals surface area contributed by atoms with Crippen LogP contribution >= 0.6 is 0 Å². The molecule has 0 N–H and O–H groups in total. The standard InChI is InChI=1S/C23H33NO6Si/c1-7-8-14-31(5,6)30-22(27)23(3,4)24-16-29-19(15-28-17(2)25)20(21(24)26)18-12-10-9-11-13-18/h9-13H,7-8,14-16H2,1-6H3. The summed E-state index contributed by atoms with van der Waals surface area (Å²) >= 11 is 0. The lowest BCUT2D eigenvalue weighted by Gasteiger charge is -2.41. The SMILES string of the molecule is CCCC[Si](C)(C)OC(=O)C(C)(C)N1COC(COC(C)=O)=C(c2ccccc2)C1=O. The molecule has 1 aliphatic rings. The van der Waals surface area contributed by atoms with E-state index in [0.29, 0.717) is 5.56 Å². The normalized spacial score (nSPS) is 14.9. The minimum Gasteiger partial charge on any atom is -0.518 e. The number of hydrogen-bond donors (Lipinski definition) is 0. The Labute approximate surface area is 185 Å². The molecule has 8 heteroatoms.